The molecule has 0 aliphatic heterocycles. The van der Waals surface area contributed by atoms with Crippen LogP contribution in [-0.4, -0.2) is 35.8 Å². The number of nitrogens with one attached hydrogen (secondary N) is 1. The van der Waals surface area contributed by atoms with Crippen molar-refractivity contribution < 1.29 is 9.59 Å². The second-order valence-corrected chi connectivity index (χ2v) is 5.98. The molecule has 1 aromatic rings. The molecule has 2 amide bonds. The van der Waals surface area contributed by atoms with Gasteiger partial charge in [0.2, 0.25) is 5.91 Å². The van der Waals surface area contributed by atoms with E-state index in [0.717, 1.165) is 12.8 Å². The van der Waals surface area contributed by atoms with E-state index in [1.165, 1.54) is 25.7 Å². The normalized spacial score (nSPS) is 15.9. The van der Waals surface area contributed by atoms with Gasteiger partial charge in [0.05, 0.1) is 0 Å². The van der Waals surface area contributed by atoms with Crippen LogP contribution in [0.2, 0.25) is 0 Å². The summed E-state index contributed by atoms with van der Waals surface area (Å²) in [6, 6.07) is 9.52. The van der Waals surface area contributed by atoms with Crippen molar-refractivity contribution in [2.45, 2.75) is 51.5 Å². The van der Waals surface area contributed by atoms with E-state index in [0.29, 0.717) is 24.7 Å². The number of carbonyl (C=O) groups is 2. The number of rotatable bonds is 5. The van der Waals surface area contributed by atoms with Crippen LogP contribution in [-0.2, 0) is 4.79 Å². The van der Waals surface area contributed by atoms with Crippen LogP contribution in [0, 0.1) is 0 Å². The number of carbonyl (C=O) groups excluding carboxylic acids is 2. The van der Waals surface area contributed by atoms with E-state index < -0.39 is 0 Å². The van der Waals surface area contributed by atoms with Gasteiger partial charge in [0.1, 0.15) is 0 Å². The topological polar surface area (TPSA) is 49.4 Å². The quantitative estimate of drug-likeness (QED) is 0.850. The number of nitrogens with zero attached hydrogens (tertiary/aromatic N) is 1. The Balaban J connectivity index is 1.84. The van der Waals surface area contributed by atoms with Crippen LogP contribution in [0.1, 0.15) is 55.8 Å². The minimum Gasteiger partial charge on any atom is -0.350 e. The standard InChI is InChI=1S/C18H26N2O2/c1-15(21)20(17-11-7-2-3-8-12-17)14-13-19-18(22)16-9-5-4-6-10-16/h4-6,9-10,17H,2-3,7-8,11-14H2,1H3,(H,19,22). The van der Waals surface area contributed by atoms with Crippen LogP contribution in [0.4, 0.5) is 0 Å². The zero-order chi connectivity index (χ0) is 15.8. The van der Waals surface area contributed by atoms with Gasteiger partial charge in [-0.3, -0.25) is 9.59 Å². The summed E-state index contributed by atoms with van der Waals surface area (Å²) in [6.45, 7) is 2.73. The maximum absolute atomic E-state index is 12.0. The summed E-state index contributed by atoms with van der Waals surface area (Å²) >= 11 is 0. The minimum atomic E-state index is -0.0787. The molecule has 4 heteroatoms. The first kappa shape index (κ1) is 16.5. The summed E-state index contributed by atoms with van der Waals surface area (Å²) in [4.78, 5) is 25.9. The predicted molar refractivity (Wildman–Crippen MR) is 87.7 cm³/mol. The van der Waals surface area contributed by atoms with Crippen molar-refractivity contribution in [2.24, 2.45) is 0 Å². The van der Waals surface area contributed by atoms with Crippen molar-refractivity contribution >= 4 is 11.8 Å². The fraction of sp³-hybridized carbons (Fsp3) is 0.556. The van der Waals surface area contributed by atoms with Gasteiger partial charge in [-0.1, -0.05) is 43.9 Å². The Hall–Kier alpha value is -1.84. The average Bonchev–Trinajstić information content (AvgIpc) is 2.81. The number of benzene rings is 1. The zero-order valence-electron chi connectivity index (χ0n) is 13.4. The predicted octanol–water partition coefficient (Wildman–Crippen LogP) is 2.99. The molecule has 0 aromatic heterocycles. The summed E-state index contributed by atoms with van der Waals surface area (Å²) in [6.07, 6.45) is 7.12. The highest BCUT2D eigenvalue weighted by Gasteiger charge is 2.21. The van der Waals surface area contributed by atoms with Crippen LogP contribution in [0.15, 0.2) is 30.3 Å². The largest absolute Gasteiger partial charge is 0.350 e. The van der Waals surface area contributed by atoms with Crippen molar-refractivity contribution in [1.29, 1.82) is 0 Å². The summed E-state index contributed by atoms with van der Waals surface area (Å²) in [5.74, 6) is 0.0332. The summed E-state index contributed by atoms with van der Waals surface area (Å²) < 4.78 is 0. The molecule has 0 radical (unpaired) electrons. The van der Waals surface area contributed by atoms with Gasteiger partial charge >= 0.3 is 0 Å². The molecular formula is C18H26N2O2. The van der Waals surface area contributed by atoms with Gasteiger partial charge in [-0.05, 0) is 25.0 Å². The molecule has 1 aliphatic rings. The monoisotopic (exact) mass is 302 g/mol. The fourth-order valence-electron chi connectivity index (χ4n) is 3.15. The summed E-state index contributed by atoms with van der Waals surface area (Å²) in [7, 11) is 0. The molecule has 0 atom stereocenters. The Morgan fingerprint density at radius 3 is 2.32 bits per heavy atom. The molecule has 120 valence electrons. The molecule has 0 bridgehead atoms. The second kappa shape index (κ2) is 8.57. The van der Waals surface area contributed by atoms with Gasteiger partial charge in [-0.15, -0.1) is 0 Å². The van der Waals surface area contributed by atoms with E-state index in [4.69, 9.17) is 0 Å². The first-order chi connectivity index (χ1) is 10.7. The van der Waals surface area contributed by atoms with Crippen LogP contribution in [0.3, 0.4) is 0 Å². The molecule has 1 fully saturated rings. The molecule has 0 saturated heterocycles. The highest BCUT2D eigenvalue weighted by atomic mass is 16.2. The lowest BCUT2D eigenvalue weighted by Gasteiger charge is -2.30. The molecule has 0 unspecified atom stereocenters. The maximum Gasteiger partial charge on any atom is 0.251 e. The summed E-state index contributed by atoms with van der Waals surface area (Å²) in [5.41, 5.74) is 0.659. The SMILES string of the molecule is CC(=O)N(CCNC(=O)c1ccccc1)C1CCCCCC1. The fourth-order valence-corrected chi connectivity index (χ4v) is 3.15. The second-order valence-electron chi connectivity index (χ2n) is 5.98. The molecule has 1 aliphatic carbocycles. The van der Waals surface area contributed by atoms with E-state index in [2.05, 4.69) is 5.32 Å². The number of amides is 2. The van der Waals surface area contributed by atoms with Crippen molar-refractivity contribution in [2.75, 3.05) is 13.1 Å². The highest BCUT2D eigenvalue weighted by molar-refractivity contribution is 5.94. The molecule has 1 aromatic carbocycles. The molecule has 2 rings (SSSR count). The van der Waals surface area contributed by atoms with Crippen LogP contribution < -0.4 is 5.32 Å². The van der Waals surface area contributed by atoms with Crippen molar-refractivity contribution in [3.63, 3.8) is 0 Å². The molecule has 1 saturated carbocycles. The molecule has 22 heavy (non-hydrogen) atoms. The van der Waals surface area contributed by atoms with Crippen molar-refractivity contribution in [3.05, 3.63) is 35.9 Å². The van der Waals surface area contributed by atoms with Gasteiger partial charge < -0.3 is 10.2 Å². The lowest BCUT2D eigenvalue weighted by molar-refractivity contribution is -0.131. The maximum atomic E-state index is 12.0. The van der Waals surface area contributed by atoms with Gasteiger partial charge in [0.15, 0.2) is 0 Å². The van der Waals surface area contributed by atoms with E-state index in [-0.39, 0.29) is 11.8 Å². The van der Waals surface area contributed by atoms with Crippen LogP contribution >= 0.6 is 0 Å². The van der Waals surface area contributed by atoms with Crippen LogP contribution in [0.5, 0.6) is 0 Å². The van der Waals surface area contributed by atoms with Gasteiger partial charge in [0.25, 0.3) is 5.91 Å². The average molecular weight is 302 g/mol. The van der Waals surface area contributed by atoms with E-state index in [1.807, 2.05) is 23.1 Å². The first-order valence-corrected chi connectivity index (χ1v) is 8.29. The summed E-state index contributed by atoms with van der Waals surface area (Å²) in [5, 5.41) is 2.91. The van der Waals surface area contributed by atoms with Gasteiger partial charge in [-0.25, -0.2) is 0 Å². The Kier molecular flexibility index (Phi) is 6.44. The Morgan fingerprint density at radius 1 is 1.09 bits per heavy atom. The molecule has 1 N–H and O–H groups in total. The third-order valence-electron chi connectivity index (χ3n) is 4.34. The third-order valence-corrected chi connectivity index (χ3v) is 4.34. The third kappa shape index (κ3) is 4.86. The first-order valence-electron chi connectivity index (χ1n) is 8.29. The van der Waals surface area contributed by atoms with Crippen molar-refractivity contribution in [1.82, 2.24) is 10.2 Å². The Bertz CT molecular complexity index is 479. The van der Waals surface area contributed by atoms with Gasteiger partial charge in [0, 0.05) is 31.6 Å². The van der Waals surface area contributed by atoms with E-state index in [1.54, 1.807) is 19.1 Å². The number of hydrogen-bond acceptors (Lipinski definition) is 2. The van der Waals surface area contributed by atoms with Crippen molar-refractivity contribution in [3.8, 4) is 0 Å². The van der Waals surface area contributed by atoms with E-state index >= 15 is 0 Å². The Labute approximate surface area is 132 Å². The molecule has 0 heterocycles. The highest BCUT2D eigenvalue weighted by Crippen LogP contribution is 2.21. The van der Waals surface area contributed by atoms with E-state index in [9.17, 15) is 9.59 Å². The zero-order valence-corrected chi connectivity index (χ0v) is 13.4. The Morgan fingerprint density at radius 2 is 1.73 bits per heavy atom. The lowest BCUT2D eigenvalue weighted by Crippen LogP contribution is -2.43. The number of hydrogen-bond donors (Lipinski definition) is 1. The molecule has 4 nitrogen and oxygen atoms in total. The smallest absolute Gasteiger partial charge is 0.251 e. The molecular weight excluding hydrogens is 276 g/mol. The minimum absolute atomic E-state index is 0.0787. The lowest BCUT2D eigenvalue weighted by atomic mass is 10.1. The van der Waals surface area contributed by atoms with Crippen LogP contribution in [0.25, 0.3) is 0 Å². The van der Waals surface area contributed by atoms with Gasteiger partial charge in [-0.2, -0.15) is 0 Å². The molecule has 0 spiro atoms.